The molecule has 0 saturated carbocycles. The fraction of sp³-hybridized carbons (Fsp3) is 0.400. The van der Waals surface area contributed by atoms with Crippen LogP contribution in [0.5, 0.6) is 0 Å². The maximum atomic E-state index is 5.76. The van der Waals surface area contributed by atoms with E-state index in [2.05, 4.69) is 22.1 Å². The van der Waals surface area contributed by atoms with Crippen molar-refractivity contribution in [2.45, 2.75) is 13.3 Å². The number of nitrogens with zero attached hydrogens (tertiary/aromatic N) is 3. The quantitative estimate of drug-likeness (QED) is 0.773. The molecule has 80 valence electrons. The number of rotatable bonds is 3. The van der Waals surface area contributed by atoms with Gasteiger partial charge in [-0.1, -0.05) is 6.92 Å². The highest BCUT2D eigenvalue weighted by atomic mass is 16.6. The van der Waals surface area contributed by atoms with Crippen molar-refractivity contribution in [1.29, 1.82) is 0 Å². The van der Waals surface area contributed by atoms with Crippen LogP contribution in [-0.4, -0.2) is 23.9 Å². The highest BCUT2D eigenvalue weighted by Crippen LogP contribution is 2.27. The molecule has 2 aromatic rings. The number of benzene rings is 1. The first kappa shape index (κ1) is 9.76. The fourth-order valence-corrected chi connectivity index (χ4v) is 1.64. The van der Waals surface area contributed by atoms with E-state index in [1.165, 1.54) is 0 Å². The normalized spacial score (nSPS) is 10.8. The van der Waals surface area contributed by atoms with Crippen LogP contribution in [-0.2, 0) is 0 Å². The molecule has 0 amide bonds. The third-order valence-corrected chi connectivity index (χ3v) is 2.40. The van der Waals surface area contributed by atoms with E-state index in [1.54, 1.807) is 0 Å². The molecule has 0 spiro atoms. The molecule has 1 aromatic heterocycles. The van der Waals surface area contributed by atoms with Gasteiger partial charge in [0.1, 0.15) is 0 Å². The van der Waals surface area contributed by atoms with Gasteiger partial charge in [0.2, 0.25) is 0 Å². The van der Waals surface area contributed by atoms with Crippen LogP contribution in [0.1, 0.15) is 13.3 Å². The second kappa shape index (κ2) is 3.76. The maximum Gasteiger partial charge on any atom is 0.160 e. The smallest absolute Gasteiger partial charge is 0.160 e. The summed E-state index contributed by atoms with van der Waals surface area (Å²) < 4.78 is 4.71. The summed E-state index contributed by atoms with van der Waals surface area (Å²) in [7, 11) is 2.02. The number of hydrogen-bond donors (Lipinski definition) is 1. The Morgan fingerprint density at radius 1 is 1.33 bits per heavy atom. The van der Waals surface area contributed by atoms with Gasteiger partial charge in [0.05, 0.1) is 11.4 Å². The summed E-state index contributed by atoms with van der Waals surface area (Å²) in [6, 6.07) is 3.77. The number of nitrogen functional groups attached to an aromatic ring is 1. The Hall–Kier alpha value is -1.78. The molecule has 5 heteroatoms. The highest BCUT2D eigenvalue weighted by molar-refractivity contribution is 5.95. The van der Waals surface area contributed by atoms with E-state index in [0.29, 0.717) is 11.2 Å². The van der Waals surface area contributed by atoms with Crippen LogP contribution in [0.4, 0.5) is 11.4 Å². The Morgan fingerprint density at radius 3 is 2.80 bits per heavy atom. The zero-order chi connectivity index (χ0) is 10.8. The van der Waals surface area contributed by atoms with Crippen LogP contribution in [0.25, 0.3) is 11.0 Å². The SMILES string of the molecule is CCCN(C)c1ccc(N)c2nonc12. The third-order valence-electron chi connectivity index (χ3n) is 2.40. The van der Waals surface area contributed by atoms with Crippen LogP contribution in [0, 0.1) is 0 Å². The molecule has 0 fully saturated rings. The van der Waals surface area contributed by atoms with Crippen molar-refractivity contribution >= 4 is 22.4 Å². The first-order valence-corrected chi connectivity index (χ1v) is 4.96. The molecule has 0 unspecified atom stereocenters. The van der Waals surface area contributed by atoms with Crippen LogP contribution >= 0.6 is 0 Å². The number of anilines is 2. The van der Waals surface area contributed by atoms with Crippen LogP contribution in [0.2, 0.25) is 0 Å². The lowest BCUT2D eigenvalue weighted by atomic mass is 10.2. The van der Waals surface area contributed by atoms with E-state index in [1.807, 2.05) is 19.2 Å². The molecule has 0 saturated heterocycles. The summed E-state index contributed by atoms with van der Waals surface area (Å²) in [5.74, 6) is 0. The topological polar surface area (TPSA) is 68.2 Å². The molecule has 1 heterocycles. The molecular weight excluding hydrogens is 192 g/mol. The number of fused-ring (bicyclic) bond motifs is 1. The van der Waals surface area contributed by atoms with Crippen LogP contribution in [0.3, 0.4) is 0 Å². The summed E-state index contributed by atoms with van der Waals surface area (Å²) >= 11 is 0. The van der Waals surface area contributed by atoms with E-state index < -0.39 is 0 Å². The highest BCUT2D eigenvalue weighted by Gasteiger charge is 2.12. The molecule has 0 aliphatic rings. The van der Waals surface area contributed by atoms with Gasteiger partial charge in [-0.3, -0.25) is 0 Å². The molecule has 5 nitrogen and oxygen atoms in total. The minimum absolute atomic E-state index is 0.597. The molecule has 15 heavy (non-hydrogen) atoms. The van der Waals surface area contributed by atoms with Gasteiger partial charge in [-0.2, -0.15) is 0 Å². The molecule has 2 N–H and O–H groups in total. The fourth-order valence-electron chi connectivity index (χ4n) is 1.64. The second-order valence-corrected chi connectivity index (χ2v) is 3.56. The molecule has 0 aliphatic heterocycles. The standard InChI is InChI=1S/C10H14N4O/c1-3-6-14(2)8-5-4-7(11)9-10(8)13-15-12-9/h4-5H,3,6,11H2,1-2H3. The summed E-state index contributed by atoms with van der Waals surface area (Å²) in [5.41, 5.74) is 8.72. The predicted octanol–water partition coefficient (Wildman–Crippen LogP) is 1.65. The van der Waals surface area contributed by atoms with Crippen molar-refractivity contribution in [1.82, 2.24) is 10.3 Å². The van der Waals surface area contributed by atoms with E-state index in [4.69, 9.17) is 10.4 Å². The van der Waals surface area contributed by atoms with Gasteiger partial charge in [0, 0.05) is 13.6 Å². The van der Waals surface area contributed by atoms with Crippen molar-refractivity contribution in [3.8, 4) is 0 Å². The zero-order valence-electron chi connectivity index (χ0n) is 8.90. The van der Waals surface area contributed by atoms with Crippen molar-refractivity contribution in [3.05, 3.63) is 12.1 Å². The molecule has 2 rings (SSSR count). The summed E-state index contributed by atoms with van der Waals surface area (Å²) in [5, 5.41) is 7.66. The molecule has 0 radical (unpaired) electrons. The number of nitrogens with two attached hydrogens (primary N) is 1. The molecular formula is C10H14N4O. The lowest BCUT2D eigenvalue weighted by molar-refractivity contribution is 0.315. The van der Waals surface area contributed by atoms with E-state index in [0.717, 1.165) is 24.2 Å². The van der Waals surface area contributed by atoms with Gasteiger partial charge in [0.25, 0.3) is 0 Å². The van der Waals surface area contributed by atoms with Gasteiger partial charge >= 0.3 is 0 Å². The third kappa shape index (κ3) is 1.60. The van der Waals surface area contributed by atoms with Crippen molar-refractivity contribution in [3.63, 3.8) is 0 Å². The number of aromatic nitrogens is 2. The van der Waals surface area contributed by atoms with Crippen LogP contribution in [0.15, 0.2) is 16.8 Å². The largest absolute Gasteiger partial charge is 0.397 e. The lowest BCUT2D eigenvalue weighted by Gasteiger charge is -2.18. The van der Waals surface area contributed by atoms with Gasteiger partial charge in [0.15, 0.2) is 11.0 Å². The Bertz CT molecular complexity index is 465. The maximum absolute atomic E-state index is 5.76. The zero-order valence-corrected chi connectivity index (χ0v) is 8.90. The van der Waals surface area contributed by atoms with Crippen LogP contribution < -0.4 is 10.6 Å². The summed E-state index contributed by atoms with van der Waals surface area (Å²) in [6.07, 6.45) is 1.08. The minimum atomic E-state index is 0.597. The van der Waals surface area contributed by atoms with Crippen molar-refractivity contribution in [2.24, 2.45) is 0 Å². The monoisotopic (exact) mass is 206 g/mol. The molecule has 0 bridgehead atoms. The van der Waals surface area contributed by atoms with Crippen molar-refractivity contribution < 1.29 is 4.63 Å². The van der Waals surface area contributed by atoms with Gasteiger partial charge in [-0.15, -0.1) is 0 Å². The summed E-state index contributed by atoms with van der Waals surface area (Å²) in [6.45, 7) is 3.10. The van der Waals surface area contributed by atoms with E-state index >= 15 is 0 Å². The minimum Gasteiger partial charge on any atom is -0.397 e. The average Bonchev–Trinajstić information content (AvgIpc) is 2.68. The first-order valence-electron chi connectivity index (χ1n) is 4.96. The molecule has 1 aromatic carbocycles. The molecule has 0 aliphatic carbocycles. The first-order chi connectivity index (χ1) is 7.24. The van der Waals surface area contributed by atoms with Gasteiger partial charge in [-0.25, -0.2) is 4.63 Å². The predicted molar refractivity (Wildman–Crippen MR) is 59.8 cm³/mol. The Balaban J connectivity index is 2.52. The van der Waals surface area contributed by atoms with E-state index in [9.17, 15) is 0 Å². The summed E-state index contributed by atoms with van der Waals surface area (Å²) in [4.78, 5) is 2.12. The number of hydrogen-bond acceptors (Lipinski definition) is 5. The van der Waals surface area contributed by atoms with Crippen molar-refractivity contribution in [2.75, 3.05) is 24.2 Å². The lowest BCUT2D eigenvalue weighted by Crippen LogP contribution is -2.18. The second-order valence-electron chi connectivity index (χ2n) is 3.56. The van der Waals surface area contributed by atoms with Gasteiger partial charge < -0.3 is 10.6 Å². The average molecular weight is 206 g/mol. The Labute approximate surface area is 87.8 Å². The molecule has 0 atom stereocenters. The Kier molecular flexibility index (Phi) is 2.45. The Morgan fingerprint density at radius 2 is 2.07 bits per heavy atom. The van der Waals surface area contributed by atoms with Gasteiger partial charge in [-0.05, 0) is 28.9 Å². The van der Waals surface area contributed by atoms with E-state index in [-0.39, 0.29) is 0 Å².